The van der Waals surface area contributed by atoms with Gasteiger partial charge in [0.15, 0.2) is 5.82 Å². The zero-order valence-corrected chi connectivity index (χ0v) is 12.9. The minimum atomic E-state index is 0.290. The molecule has 2 aliphatic heterocycles. The zero-order chi connectivity index (χ0) is 15.0. The van der Waals surface area contributed by atoms with Crippen LogP contribution in [0.2, 0.25) is 0 Å². The van der Waals surface area contributed by atoms with Crippen molar-refractivity contribution in [1.29, 1.82) is 0 Å². The van der Waals surface area contributed by atoms with E-state index in [-0.39, 0.29) is 5.92 Å². The van der Waals surface area contributed by atoms with Crippen molar-refractivity contribution in [3.05, 3.63) is 18.3 Å². The highest BCUT2D eigenvalue weighted by molar-refractivity contribution is 5.83. The van der Waals surface area contributed by atoms with Crippen molar-refractivity contribution in [3.63, 3.8) is 0 Å². The van der Waals surface area contributed by atoms with Gasteiger partial charge in [-0.25, -0.2) is 0 Å². The Bertz CT molecular complexity index is 535. The molecular weight excluding hydrogens is 278 g/mol. The molecule has 6 nitrogen and oxygen atoms in total. The second kappa shape index (κ2) is 5.50. The maximum Gasteiger partial charge on any atom is 0.226 e. The number of nitrogens with zero attached hydrogens (tertiary/aromatic N) is 4. The van der Waals surface area contributed by atoms with Crippen LogP contribution < -0.4 is 10.2 Å². The third-order valence-electron chi connectivity index (χ3n) is 5.56. The molecule has 3 heterocycles. The number of nitrogens with one attached hydrogen (secondary N) is 1. The van der Waals surface area contributed by atoms with Gasteiger partial charge in [-0.1, -0.05) is 0 Å². The number of piperazine rings is 1. The van der Waals surface area contributed by atoms with Gasteiger partial charge in [0, 0.05) is 38.3 Å². The van der Waals surface area contributed by atoms with Crippen LogP contribution >= 0.6 is 0 Å². The van der Waals surface area contributed by atoms with Crippen LogP contribution in [0.15, 0.2) is 18.3 Å². The quantitative estimate of drug-likeness (QED) is 0.863. The van der Waals surface area contributed by atoms with E-state index in [1.165, 1.54) is 12.8 Å². The first-order valence-corrected chi connectivity index (χ1v) is 8.31. The molecule has 1 aromatic rings. The van der Waals surface area contributed by atoms with Crippen LogP contribution in [0.5, 0.6) is 0 Å². The summed E-state index contributed by atoms with van der Waals surface area (Å²) in [6.07, 6.45) is 5.14. The van der Waals surface area contributed by atoms with Crippen molar-refractivity contribution >= 4 is 11.7 Å². The Labute approximate surface area is 130 Å². The van der Waals surface area contributed by atoms with Gasteiger partial charge in [0.25, 0.3) is 0 Å². The van der Waals surface area contributed by atoms with Crippen molar-refractivity contribution in [2.45, 2.75) is 19.3 Å². The molecule has 1 atom stereocenters. The average molecular weight is 301 g/mol. The van der Waals surface area contributed by atoms with Gasteiger partial charge >= 0.3 is 0 Å². The normalized spacial score (nSPS) is 27.0. The molecule has 0 radical (unpaired) electrons. The van der Waals surface area contributed by atoms with E-state index in [9.17, 15) is 4.79 Å². The van der Waals surface area contributed by atoms with Crippen LogP contribution in [0, 0.1) is 11.3 Å². The minimum absolute atomic E-state index is 0.290. The molecule has 2 saturated heterocycles. The maximum absolute atomic E-state index is 12.7. The average Bonchev–Trinajstić information content (AvgIpc) is 3.29. The van der Waals surface area contributed by atoms with E-state index in [0.717, 1.165) is 51.5 Å². The Morgan fingerprint density at radius 3 is 2.68 bits per heavy atom. The smallest absolute Gasteiger partial charge is 0.226 e. The van der Waals surface area contributed by atoms with E-state index in [2.05, 4.69) is 25.3 Å². The Balaban J connectivity index is 1.33. The number of hydrogen-bond acceptors (Lipinski definition) is 5. The minimum Gasteiger partial charge on any atom is -0.352 e. The lowest BCUT2D eigenvalue weighted by Crippen LogP contribution is -2.50. The largest absolute Gasteiger partial charge is 0.352 e. The summed E-state index contributed by atoms with van der Waals surface area (Å²) in [6, 6.07) is 3.89. The molecule has 3 aliphatic rings. The lowest BCUT2D eigenvalue weighted by atomic mass is 9.91. The topological polar surface area (TPSA) is 61.4 Å². The molecule has 3 fully saturated rings. The predicted octanol–water partition coefficient (Wildman–Crippen LogP) is 0.515. The molecule has 1 saturated carbocycles. The summed E-state index contributed by atoms with van der Waals surface area (Å²) in [5.74, 6) is 1.59. The summed E-state index contributed by atoms with van der Waals surface area (Å²) in [5.41, 5.74) is 0.338. The Morgan fingerprint density at radius 2 is 2.00 bits per heavy atom. The van der Waals surface area contributed by atoms with Gasteiger partial charge in [-0.05, 0) is 49.9 Å². The second-order valence-corrected chi connectivity index (χ2v) is 6.76. The van der Waals surface area contributed by atoms with Crippen LogP contribution in [0.4, 0.5) is 5.82 Å². The lowest BCUT2D eigenvalue weighted by molar-refractivity contribution is -0.133. The fourth-order valence-corrected chi connectivity index (χ4v) is 4.01. The highest BCUT2D eigenvalue weighted by atomic mass is 16.2. The van der Waals surface area contributed by atoms with E-state index in [0.29, 0.717) is 11.3 Å². The SMILES string of the molecule is O=C(C1CC12CCNCC2)N1CCN(c2cccnn2)CC1. The fraction of sp³-hybridized carbons (Fsp3) is 0.688. The van der Waals surface area contributed by atoms with Gasteiger partial charge in [0.05, 0.1) is 0 Å². The predicted molar refractivity (Wildman–Crippen MR) is 83.5 cm³/mol. The molecule has 1 aromatic heterocycles. The van der Waals surface area contributed by atoms with E-state index < -0.39 is 0 Å². The molecule has 1 unspecified atom stereocenters. The van der Waals surface area contributed by atoms with Crippen molar-refractivity contribution < 1.29 is 4.79 Å². The van der Waals surface area contributed by atoms with Crippen LogP contribution in [-0.4, -0.2) is 60.3 Å². The number of hydrogen-bond donors (Lipinski definition) is 1. The molecule has 0 aromatic carbocycles. The molecule has 118 valence electrons. The lowest BCUT2D eigenvalue weighted by Gasteiger charge is -2.36. The third-order valence-corrected chi connectivity index (χ3v) is 5.56. The Hall–Kier alpha value is -1.69. The van der Waals surface area contributed by atoms with Crippen molar-refractivity contribution in [2.24, 2.45) is 11.3 Å². The number of carbonyl (C=O) groups excluding carboxylic acids is 1. The van der Waals surface area contributed by atoms with E-state index >= 15 is 0 Å². The number of amides is 1. The van der Waals surface area contributed by atoms with Gasteiger partial charge in [-0.3, -0.25) is 4.79 Å². The summed E-state index contributed by atoms with van der Waals surface area (Å²) < 4.78 is 0. The van der Waals surface area contributed by atoms with Crippen molar-refractivity contribution in [2.75, 3.05) is 44.2 Å². The first-order chi connectivity index (χ1) is 10.8. The third kappa shape index (κ3) is 2.45. The molecular formula is C16H23N5O. The molecule has 1 spiro atoms. The van der Waals surface area contributed by atoms with Gasteiger partial charge in [-0.2, -0.15) is 5.10 Å². The number of rotatable bonds is 2. The number of piperidine rings is 1. The first-order valence-electron chi connectivity index (χ1n) is 8.31. The van der Waals surface area contributed by atoms with Crippen LogP contribution in [0.3, 0.4) is 0 Å². The molecule has 1 N–H and O–H groups in total. The Morgan fingerprint density at radius 1 is 1.23 bits per heavy atom. The zero-order valence-electron chi connectivity index (χ0n) is 12.9. The number of anilines is 1. The van der Waals surface area contributed by atoms with Gasteiger partial charge in [-0.15, -0.1) is 5.10 Å². The number of aromatic nitrogens is 2. The monoisotopic (exact) mass is 301 g/mol. The molecule has 0 bridgehead atoms. The van der Waals surface area contributed by atoms with Crippen LogP contribution in [0.25, 0.3) is 0 Å². The molecule has 22 heavy (non-hydrogen) atoms. The summed E-state index contributed by atoms with van der Waals surface area (Å²) >= 11 is 0. The van der Waals surface area contributed by atoms with Crippen molar-refractivity contribution in [3.8, 4) is 0 Å². The summed E-state index contributed by atoms with van der Waals surface area (Å²) in [5, 5.41) is 11.5. The molecule has 1 amide bonds. The maximum atomic E-state index is 12.7. The number of carbonyl (C=O) groups is 1. The van der Waals surface area contributed by atoms with E-state index in [1.54, 1.807) is 6.20 Å². The summed E-state index contributed by atoms with van der Waals surface area (Å²) in [4.78, 5) is 17.0. The fourth-order valence-electron chi connectivity index (χ4n) is 4.01. The second-order valence-electron chi connectivity index (χ2n) is 6.76. The Kier molecular flexibility index (Phi) is 3.48. The standard InChI is InChI=1S/C16H23N5O/c22-15(13-12-16(13)3-6-17-7-4-16)21-10-8-20(9-11-21)14-2-1-5-18-19-14/h1-2,5,13,17H,3-4,6-12H2. The molecule has 4 rings (SSSR count). The highest BCUT2D eigenvalue weighted by Crippen LogP contribution is 2.59. The molecule has 6 heteroatoms. The van der Waals surface area contributed by atoms with E-state index in [1.807, 2.05) is 12.1 Å². The highest BCUT2D eigenvalue weighted by Gasteiger charge is 2.58. The summed E-state index contributed by atoms with van der Waals surface area (Å²) in [7, 11) is 0. The van der Waals surface area contributed by atoms with Gasteiger partial charge in [0.2, 0.25) is 5.91 Å². The molecule has 1 aliphatic carbocycles. The summed E-state index contributed by atoms with van der Waals surface area (Å²) in [6.45, 7) is 5.46. The van der Waals surface area contributed by atoms with Crippen LogP contribution in [-0.2, 0) is 4.79 Å². The van der Waals surface area contributed by atoms with E-state index in [4.69, 9.17) is 0 Å². The van der Waals surface area contributed by atoms with Crippen LogP contribution in [0.1, 0.15) is 19.3 Å². The first kappa shape index (κ1) is 13.9. The van der Waals surface area contributed by atoms with Gasteiger partial charge in [0.1, 0.15) is 0 Å². The van der Waals surface area contributed by atoms with Gasteiger partial charge < -0.3 is 15.1 Å². The van der Waals surface area contributed by atoms with Crippen molar-refractivity contribution in [1.82, 2.24) is 20.4 Å².